The summed E-state index contributed by atoms with van der Waals surface area (Å²) in [6.45, 7) is 4.39. The monoisotopic (exact) mass is 189 g/mol. The zero-order valence-electron chi connectivity index (χ0n) is 7.39. The van der Waals surface area contributed by atoms with Crippen molar-refractivity contribution in [3.8, 4) is 0 Å². The summed E-state index contributed by atoms with van der Waals surface area (Å²) in [6, 6.07) is -0.478. The van der Waals surface area contributed by atoms with Crippen molar-refractivity contribution in [2.24, 2.45) is 5.73 Å². The van der Waals surface area contributed by atoms with Crippen LogP contribution in [0.4, 0.5) is 4.79 Å². The maximum Gasteiger partial charge on any atom is 0.315 e. The summed E-state index contributed by atoms with van der Waals surface area (Å²) < 4.78 is 0. The highest BCUT2D eigenvalue weighted by Gasteiger charge is 2.07. The zero-order valence-corrected chi connectivity index (χ0v) is 8.20. The number of carbonyl (C=O) groups is 1. The van der Waals surface area contributed by atoms with Crippen molar-refractivity contribution < 1.29 is 4.79 Å². The van der Waals surface area contributed by atoms with Gasteiger partial charge < -0.3 is 16.4 Å². The first-order valence-corrected chi connectivity index (χ1v) is 4.32. The molecule has 2 amide bonds. The van der Waals surface area contributed by atoms with Crippen molar-refractivity contribution in [1.82, 2.24) is 10.6 Å². The lowest BCUT2D eigenvalue weighted by molar-refractivity contribution is 0.240. The fraction of sp³-hybridized carbons (Fsp3) is 0.714. The van der Waals surface area contributed by atoms with Gasteiger partial charge in [0.2, 0.25) is 0 Å². The predicted octanol–water partition coefficient (Wildman–Crippen LogP) is 0.370. The predicted molar refractivity (Wildman–Crippen MR) is 53.1 cm³/mol. The van der Waals surface area contributed by atoms with Crippen LogP contribution >= 0.6 is 12.2 Å². The second-order valence-corrected chi connectivity index (χ2v) is 3.00. The Labute approximate surface area is 77.9 Å². The third-order valence-electron chi connectivity index (χ3n) is 1.31. The van der Waals surface area contributed by atoms with Gasteiger partial charge in [0, 0.05) is 6.54 Å². The number of rotatable bonds is 4. The Balaban J connectivity index is 3.61. The van der Waals surface area contributed by atoms with Crippen LogP contribution in [0.15, 0.2) is 0 Å². The number of nitrogens with two attached hydrogens (primary N) is 1. The van der Waals surface area contributed by atoms with Gasteiger partial charge in [0.15, 0.2) is 0 Å². The smallest absolute Gasteiger partial charge is 0.315 e. The number of urea groups is 1. The number of amides is 2. The molecule has 0 rings (SSSR count). The molecule has 0 aliphatic heterocycles. The lowest BCUT2D eigenvalue weighted by Crippen LogP contribution is -2.46. The molecule has 0 aliphatic rings. The van der Waals surface area contributed by atoms with E-state index in [2.05, 4.69) is 22.9 Å². The van der Waals surface area contributed by atoms with Gasteiger partial charge in [-0.05, 0) is 13.3 Å². The van der Waals surface area contributed by atoms with Crippen LogP contribution in [0, 0.1) is 0 Å². The van der Waals surface area contributed by atoms with Crippen LogP contribution in [0.1, 0.15) is 20.3 Å². The number of thiocarbonyl (C=S) groups is 1. The van der Waals surface area contributed by atoms with E-state index in [0.717, 1.165) is 6.42 Å². The van der Waals surface area contributed by atoms with E-state index in [-0.39, 0.29) is 12.1 Å². The molecule has 0 spiro atoms. The Kier molecular flexibility index (Phi) is 5.36. The van der Waals surface area contributed by atoms with Crippen LogP contribution in [-0.4, -0.2) is 23.6 Å². The standard InChI is InChI=1S/C7H15N3OS/c1-3-4-9-7(11)10-5(2)6(8)12/h5H,3-4H2,1-2H3,(H2,8,12)(H2,9,10,11). The number of nitrogens with one attached hydrogen (secondary N) is 2. The molecule has 0 bridgehead atoms. The molecule has 70 valence electrons. The first kappa shape index (κ1) is 11.2. The van der Waals surface area contributed by atoms with Crippen molar-refractivity contribution in [2.75, 3.05) is 6.54 Å². The highest BCUT2D eigenvalue weighted by Crippen LogP contribution is 1.81. The molecule has 5 heteroatoms. The maximum atomic E-state index is 11.0. The Hall–Kier alpha value is -0.840. The normalized spacial score (nSPS) is 11.8. The highest BCUT2D eigenvalue weighted by molar-refractivity contribution is 7.80. The summed E-state index contributed by atoms with van der Waals surface area (Å²) in [4.78, 5) is 11.3. The Morgan fingerprint density at radius 3 is 2.67 bits per heavy atom. The lowest BCUT2D eigenvalue weighted by atomic mass is 10.3. The molecule has 4 N–H and O–H groups in total. The molecule has 1 atom stereocenters. The SMILES string of the molecule is CCCNC(=O)NC(C)C(N)=S. The van der Waals surface area contributed by atoms with Crippen LogP contribution < -0.4 is 16.4 Å². The average molecular weight is 189 g/mol. The molecule has 0 aromatic heterocycles. The summed E-state index contributed by atoms with van der Waals surface area (Å²) >= 11 is 4.68. The largest absolute Gasteiger partial charge is 0.392 e. The van der Waals surface area contributed by atoms with Crippen molar-refractivity contribution in [2.45, 2.75) is 26.3 Å². The van der Waals surface area contributed by atoms with Crippen molar-refractivity contribution in [3.63, 3.8) is 0 Å². The molecule has 0 fully saturated rings. The second-order valence-electron chi connectivity index (χ2n) is 2.52. The van der Waals surface area contributed by atoms with Gasteiger partial charge in [-0.2, -0.15) is 0 Å². The van der Waals surface area contributed by atoms with E-state index in [1.165, 1.54) is 0 Å². The van der Waals surface area contributed by atoms with Gasteiger partial charge in [-0.1, -0.05) is 19.1 Å². The van der Waals surface area contributed by atoms with E-state index in [9.17, 15) is 4.79 Å². The van der Waals surface area contributed by atoms with Crippen LogP contribution in [0.3, 0.4) is 0 Å². The lowest BCUT2D eigenvalue weighted by Gasteiger charge is -2.12. The van der Waals surface area contributed by atoms with E-state index in [4.69, 9.17) is 5.73 Å². The third-order valence-corrected chi connectivity index (χ3v) is 1.66. The molecule has 0 saturated heterocycles. The number of hydrogen-bond acceptors (Lipinski definition) is 2. The van der Waals surface area contributed by atoms with E-state index in [1.54, 1.807) is 6.92 Å². The van der Waals surface area contributed by atoms with E-state index in [0.29, 0.717) is 11.5 Å². The molecule has 0 heterocycles. The summed E-state index contributed by atoms with van der Waals surface area (Å²) in [5.74, 6) is 0. The quantitative estimate of drug-likeness (QED) is 0.560. The third kappa shape index (κ3) is 4.90. The highest BCUT2D eigenvalue weighted by atomic mass is 32.1. The van der Waals surface area contributed by atoms with Gasteiger partial charge in [-0.3, -0.25) is 0 Å². The van der Waals surface area contributed by atoms with Gasteiger partial charge >= 0.3 is 6.03 Å². The van der Waals surface area contributed by atoms with Crippen LogP contribution in [-0.2, 0) is 0 Å². The van der Waals surface area contributed by atoms with Crippen molar-refractivity contribution in [3.05, 3.63) is 0 Å². The van der Waals surface area contributed by atoms with Crippen LogP contribution in [0.25, 0.3) is 0 Å². The summed E-state index contributed by atoms with van der Waals surface area (Å²) in [5.41, 5.74) is 5.30. The first-order valence-electron chi connectivity index (χ1n) is 3.91. The molecular formula is C7H15N3OS. The fourth-order valence-electron chi connectivity index (χ4n) is 0.557. The van der Waals surface area contributed by atoms with E-state index >= 15 is 0 Å². The Bertz CT molecular complexity index is 172. The Morgan fingerprint density at radius 2 is 2.25 bits per heavy atom. The summed E-state index contributed by atoms with van der Waals surface area (Å²) in [7, 11) is 0. The van der Waals surface area contributed by atoms with E-state index in [1.807, 2.05) is 6.92 Å². The van der Waals surface area contributed by atoms with Gasteiger partial charge in [0.1, 0.15) is 0 Å². The Morgan fingerprint density at radius 1 is 1.67 bits per heavy atom. The molecular weight excluding hydrogens is 174 g/mol. The van der Waals surface area contributed by atoms with E-state index < -0.39 is 0 Å². The molecule has 12 heavy (non-hydrogen) atoms. The molecule has 0 radical (unpaired) electrons. The van der Waals surface area contributed by atoms with Gasteiger partial charge in [0.05, 0.1) is 11.0 Å². The van der Waals surface area contributed by atoms with Gasteiger partial charge in [-0.15, -0.1) is 0 Å². The average Bonchev–Trinajstić information content (AvgIpc) is 2.00. The minimum absolute atomic E-state index is 0.225. The van der Waals surface area contributed by atoms with Crippen molar-refractivity contribution >= 4 is 23.2 Å². The minimum atomic E-state index is -0.253. The maximum absolute atomic E-state index is 11.0. The summed E-state index contributed by atoms with van der Waals surface area (Å²) in [5, 5.41) is 5.25. The van der Waals surface area contributed by atoms with Crippen LogP contribution in [0.2, 0.25) is 0 Å². The van der Waals surface area contributed by atoms with Crippen molar-refractivity contribution in [1.29, 1.82) is 0 Å². The van der Waals surface area contributed by atoms with Gasteiger partial charge in [0.25, 0.3) is 0 Å². The molecule has 4 nitrogen and oxygen atoms in total. The van der Waals surface area contributed by atoms with Gasteiger partial charge in [-0.25, -0.2) is 4.79 Å². The first-order chi connectivity index (χ1) is 5.57. The molecule has 0 aliphatic carbocycles. The molecule has 0 saturated carbocycles. The molecule has 0 aromatic rings. The zero-order chi connectivity index (χ0) is 9.56. The molecule has 0 aromatic carbocycles. The number of carbonyl (C=O) groups excluding carboxylic acids is 1. The summed E-state index contributed by atoms with van der Waals surface area (Å²) in [6.07, 6.45) is 0.912. The topological polar surface area (TPSA) is 67.2 Å². The minimum Gasteiger partial charge on any atom is -0.392 e. The second kappa shape index (κ2) is 5.77. The van der Waals surface area contributed by atoms with Crippen LogP contribution in [0.5, 0.6) is 0 Å². The number of hydrogen-bond donors (Lipinski definition) is 3. The fourth-order valence-corrected chi connectivity index (χ4v) is 0.616. The molecule has 1 unspecified atom stereocenters.